The summed E-state index contributed by atoms with van der Waals surface area (Å²) in [5.41, 5.74) is 1.84. The molecule has 3 aromatic rings. The summed E-state index contributed by atoms with van der Waals surface area (Å²) in [6.07, 6.45) is 1.60. The highest BCUT2D eigenvalue weighted by molar-refractivity contribution is 5.94. The number of aromatic nitrogens is 1. The molecule has 1 aromatic heterocycles. The highest BCUT2D eigenvalue weighted by Gasteiger charge is 2.11. The normalized spacial score (nSPS) is 10.3. The smallest absolute Gasteiger partial charge is 0.338 e. The fourth-order valence-corrected chi connectivity index (χ4v) is 2.25. The van der Waals surface area contributed by atoms with Crippen LogP contribution in [0.5, 0.6) is 0 Å². The number of rotatable bonds is 3. The number of carboxylic acid groups (broad SMARTS) is 1. The largest absolute Gasteiger partial charge is 0.478 e. The Balaban J connectivity index is 2.03. The van der Waals surface area contributed by atoms with Crippen molar-refractivity contribution in [3.63, 3.8) is 0 Å². The quantitative estimate of drug-likeness (QED) is 0.770. The van der Waals surface area contributed by atoms with E-state index in [2.05, 4.69) is 16.4 Å². The summed E-state index contributed by atoms with van der Waals surface area (Å²) in [6, 6.07) is 12.6. The first-order chi connectivity index (χ1) is 11.1. The van der Waals surface area contributed by atoms with Gasteiger partial charge in [-0.25, -0.2) is 9.18 Å². The lowest BCUT2D eigenvalue weighted by atomic mass is 10.1. The molecule has 0 aliphatic rings. The van der Waals surface area contributed by atoms with Crippen molar-refractivity contribution in [3.8, 4) is 6.07 Å². The van der Waals surface area contributed by atoms with Crippen LogP contribution in [-0.2, 0) is 0 Å². The number of pyridine rings is 1. The Hall–Kier alpha value is -3.46. The minimum absolute atomic E-state index is 0.387. The summed E-state index contributed by atoms with van der Waals surface area (Å²) in [5.74, 6) is -2.14. The minimum Gasteiger partial charge on any atom is -0.478 e. The fraction of sp³-hybridized carbons (Fsp3) is 0. The lowest BCUT2D eigenvalue weighted by Gasteiger charge is -2.10. The lowest BCUT2D eigenvalue weighted by molar-refractivity contribution is 0.0692. The third kappa shape index (κ3) is 2.80. The van der Waals surface area contributed by atoms with Crippen molar-refractivity contribution in [2.45, 2.75) is 0 Å². The number of nitrogens with zero attached hydrogens (tertiary/aromatic N) is 2. The van der Waals surface area contributed by atoms with Crippen molar-refractivity contribution in [1.29, 1.82) is 5.26 Å². The highest BCUT2D eigenvalue weighted by Crippen LogP contribution is 2.26. The maximum Gasteiger partial charge on any atom is 0.338 e. The molecule has 1 heterocycles. The molecule has 0 aliphatic carbocycles. The van der Waals surface area contributed by atoms with Gasteiger partial charge in [-0.15, -0.1) is 0 Å². The summed E-state index contributed by atoms with van der Waals surface area (Å²) in [7, 11) is 0. The first kappa shape index (κ1) is 14.5. The molecule has 6 heteroatoms. The van der Waals surface area contributed by atoms with Crippen LogP contribution in [0, 0.1) is 17.1 Å². The van der Waals surface area contributed by atoms with Gasteiger partial charge in [0.25, 0.3) is 0 Å². The van der Waals surface area contributed by atoms with Gasteiger partial charge in [-0.1, -0.05) is 0 Å². The van der Waals surface area contributed by atoms with E-state index in [1.807, 2.05) is 0 Å². The van der Waals surface area contributed by atoms with Gasteiger partial charge in [-0.3, -0.25) is 4.98 Å². The molecule has 3 rings (SSSR count). The number of nitrogens with one attached hydrogen (secondary N) is 1. The van der Waals surface area contributed by atoms with Crippen molar-refractivity contribution in [2.75, 3.05) is 5.32 Å². The zero-order chi connectivity index (χ0) is 16.4. The predicted molar refractivity (Wildman–Crippen MR) is 83.1 cm³/mol. The maximum absolute atomic E-state index is 13.8. The molecule has 2 N–H and O–H groups in total. The monoisotopic (exact) mass is 307 g/mol. The van der Waals surface area contributed by atoms with Crippen LogP contribution in [0.25, 0.3) is 10.9 Å². The molecule has 0 atom stereocenters. The molecule has 5 nitrogen and oxygen atoms in total. The first-order valence-electron chi connectivity index (χ1n) is 6.67. The van der Waals surface area contributed by atoms with E-state index in [0.717, 1.165) is 6.07 Å². The molecule has 0 saturated carbocycles. The SMILES string of the molecule is N#Cc1ccc2nccc(Nc3ccc(C(=O)O)c(F)c3)c2c1. The van der Waals surface area contributed by atoms with Crippen molar-refractivity contribution in [3.05, 3.63) is 65.6 Å². The van der Waals surface area contributed by atoms with E-state index in [-0.39, 0.29) is 5.56 Å². The van der Waals surface area contributed by atoms with E-state index < -0.39 is 11.8 Å². The van der Waals surface area contributed by atoms with Gasteiger partial charge in [0.15, 0.2) is 0 Å². The van der Waals surface area contributed by atoms with Crippen LogP contribution in [0.15, 0.2) is 48.7 Å². The number of halogens is 1. The lowest BCUT2D eigenvalue weighted by Crippen LogP contribution is -2.01. The number of carbonyl (C=O) groups is 1. The molecule has 0 bridgehead atoms. The highest BCUT2D eigenvalue weighted by atomic mass is 19.1. The second kappa shape index (κ2) is 5.73. The summed E-state index contributed by atoms with van der Waals surface area (Å²) in [4.78, 5) is 15.1. The number of fused-ring (bicyclic) bond motifs is 1. The van der Waals surface area contributed by atoms with E-state index >= 15 is 0 Å². The van der Waals surface area contributed by atoms with Crippen LogP contribution in [0.3, 0.4) is 0 Å². The molecule has 0 fully saturated rings. The molecule has 23 heavy (non-hydrogen) atoms. The van der Waals surface area contributed by atoms with Crippen LogP contribution < -0.4 is 5.32 Å². The Morgan fingerprint density at radius 3 is 2.74 bits per heavy atom. The summed E-state index contributed by atoms with van der Waals surface area (Å²) >= 11 is 0. The summed E-state index contributed by atoms with van der Waals surface area (Å²) < 4.78 is 13.8. The molecular weight excluding hydrogens is 297 g/mol. The molecule has 0 spiro atoms. The number of aromatic carboxylic acids is 1. The number of hydrogen-bond donors (Lipinski definition) is 2. The average molecular weight is 307 g/mol. The second-order valence-corrected chi connectivity index (χ2v) is 4.83. The van der Waals surface area contributed by atoms with Gasteiger partial charge in [0, 0.05) is 23.0 Å². The Morgan fingerprint density at radius 2 is 2.04 bits per heavy atom. The standard InChI is InChI=1S/C17H10FN3O2/c18-14-8-11(2-3-12(14)17(22)23)21-16-5-6-20-15-4-1-10(9-19)7-13(15)16/h1-8H,(H,20,21)(H,22,23). The maximum atomic E-state index is 13.8. The van der Waals surface area contributed by atoms with Gasteiger partial charge in [-0.2, -0.15) is 5.26 Å². The molecular formula is C17H10FN3O2. The zero-order valence-electron chi connectivity index (χ0n) is 11.7. The van der Waals surface area contributed by atoms with Gasteiger partial charge in [0.2, 0.25) is 0 Å². The van der Waals surface area contributed by atoms with Crippen LogP contribution in [0.4, 0.5) is 15.8 Å². The van der Waals surface area contributed by atoms with Crippen molar-refractivity contribution in [1.82, 2.24) is 4.98 Å². The topological polar surface area (TPSA) is 86.0 Å². The molecule has 112 valence electrons. The number of hydrogen-bond acceptors (Lipinski definition) is 4. The number of carboxylic acids is 1. The number of nitriles is 1. The van der Waals surface area contributed by atoms with Crippen molar-refractivity contribution < 1.29 is 14.3 Å². The predicted octanol–water partition coefficient (Wildman–Crippen LogP) is 3.69. The van der Waals surface area contributed by atoms with Crippen LogP contribution >= 0.6 is 0 Å². The van der Waals surface area contributed by atoms with Crippen LogP contribution in [0.2, 0.25) is 0 Å². The van der Waals surface area contributed by atoms with E-state index in [9.17, 15) is 9.18 Å². The van der Waals surface area contributed by atoms with Crippen LogP contribution in [0.1, 0.15) is 15.9 Å². The summed E-state index contributed by atoms with van der Waals surface area (Å²) in [5, 5.41) is 21.6. The number of anilines is 2. The van der Waals surface area contributed by atoms with E-state index in [4.69, 9.17) is 10.4 Å². The second-order valence-electron chi connectivity index (χ2n) is 4.83. The Labute approximate surface area is 130 Å². The van der Waals surface area contributed by atoms with Gasteiger partial charge in [-0.05, 0) is 42.5 Å². The van der Waals surface area contributed by atoms with Gasteiger partial charge in [0.1, 0.15) is 5.82 Å². The Bertz CT molecular complexity index is 964. The van der Waals surface area contributed by atoms with Gasteiger partial charge in [0.05, 0.1) is 22.7 Å². The molecule has 2 aromatic carbocycles. The first-order valence-corrected chi connectivity index (χ1v) is 6.67. The molecule has 0 saturated heterocycles. The Morgan fingerprint density at radius 1 is 1.22 bits per heavy atom. The Kier molecular flexibility index (Phi) is 3.61. The molecule has 0 radical (unpaired) electrons. The van der Waals surface area contributed by atoms with Crippen molar-refractivity contribution in [2.24, 2.45) is 0 Å². The fourth-order valence-electron chi connectivity index (χ4n) is 2.25. The number of benzene rings is 2. The van der Waals surface area contributed by atoms with Gasteiger partial charge < -0.3 is 10.4 Å². The average Bonchev–Trinajstić information content (AvgIpc) is 2.54. The summed E-state index contributed by atoms with van der Waals surface area (Å²) in [6.45, 7) is 0. The molecule has 0 aliphatic heterocycles. The third-order valence-electron chi connectivity index (χ3n) is 3.35. The zero-order valence-corrected chi connectivity index (χ0v) is 11.7. The van der Waals surface area contributed by atoms with Gasteiger partial charge >= 0.3 is 5.97 Å². The van der Waals surface area contributed by atoms with E-state index in [0.29, 0.717) is 27.8 Å². The molecule has 0 amide bonds. The molecule has 0 unspecified atom stereocenters. The minimum atomic E-state index is -1.32. The van der Waals surface area contributed by atoms with E-state index in [1.165, 1.54) is 12.1 Å². The van der Waals surface area contributed by atoms with Crippen molar-refractivity contribution >= 4 is 28.2 Å². The van der Waals surface area contributed by atoms with E-state index in [1.54, 1.807) is 30.5 Å². The third-order valence-corrected chi connectivity index (χ3v) is 3.35. The van der Waals surface area contributed by atoms with Crippen LogP contribution in [-0.4, -0.2) is 16.1 Å².